The molecule has 1 aromatic heterocycles. The lowest BCUT2D eigenvalue weighted by Gasteiger charge is -2.34. The monoisotopic (exact) mass is 507 g/mol. The predicted octanol–water partition coefficient (Wildman–Crippen LogP) is 4.36. The van der Waals surface area contributed by atoms with Crippen molar-refractivity contribution in [1.82, 2.24) is 9.78 Å². The van der Waals surface area contributed by atoms with Crippen LogP contribution in [0.1, 0.15) is 44.5 Å². The lowest BCUT2D eigenvalue weighted by molar-refractivity contribution is 0.0933. The molecule has 4 aromatic rings. The number of aromatic hydroxyl groups is 1. The number of hydrogen-bond acceptors (Lipinski definition) is 6. The van der Waals surface area contributed by atoms with E-state index in [9.17, 15) is 20.0 Å². The van der Waals surface area contributed by atoms with Crippen molar-refractivity contribution < 1.29 is 19.4 Å². The number of nitrogens with zero attached hydrogens (tertiary/aromatic N) is 4. The molecule has 1 aliphatic rings. The largest absolute Gasteiger partial charge is 0.508 e. The molecule has 5 rings (SSSR count). The number of rotatable bonds is 6. The zero-order valence-corrected chi connectivity index (χ0v) is 20.9. The second kappa shape index (κ2) is 10.1. The highest BCUT2D eigenvalue weighted by Crippen LogP contribution is 2.29. The number of anilines is 2. The van der Waals surface area contributed by atoms with E-state index in [0.29, 0.717) is 24.4 Å². The van der Waals surface area contributed by atoms with Crippen molar-refractivity contribution in [1.29, 1.82) is 5.26 Å². The van der Waals surface area contributed by atoms with Gasteiger partial charge in [0.1, 0.15) is 23.3 Å². The Morgan fingerprint density at radius 2 is 1.95 bits per heavy atom. The number of aromatic nitrogens is 2. The molecule has 3 aromatic carbocycles. The van der Waals surface area contributed by atoms with Crippen LogP contribution < -0.4 is 15.0 Å². The summed E-state index contributed by atoms with van der Waals surface area (Å²) in [6.45, 7) is 2.37. The summed E-state index contributed by atoms with van der Waals surface area (Å²) in [4.78, 5) is 28.5. The predicted molar refractivity (Wildman–Crippen MR) is 142 cm³/mol. The highest BCUT2D eigenvalue weighted by atomic mass is 16.5. The lowest BCUT2D eigenvalue weighted by atomic mass is 10.0. The second-order valence-corrected chi connectivity index (χ2v) is 9.11. The molecule has 0 spiro atoms. The molecule has 0 fully saturated rings. The van der Waals surface area contributed by atoms with Gasteiger partial charge in [0.25, 0.3) is 11.8 Å². The lowest BCUT2D eigenvalue weighted by Crippen LogP contribution is -2.47. The van der Waals surface area contributed by atoms with Crippen LogP contribution in [0.2, 0.25) is 0 Å². The third-order valence-electron chi connectivity index (χ3n) is 6.49. The van der Waals surface area contributed by atoms with E-state index in [1.165, 1.54) is 19.4 Å². The maximum atomic E-state index is 13.7. The minimum Gasteiger partial charge on any atom is -0.508 e. The van der Waals surface area contributed by atoms with Crippen LogP contribution in [0.25, 0.3) is 0 Å². The fraction of sp³-hybridized carbons (Fsp3) is 0.172. The van der Waals surface area contributed by atoms with Gasteiger partial charge in [-0.1, -0.05) is 24.3 Å². The Bertz CT molecular complexity index is 1570. The Morgan fingerprint density at radius 3 is 2.66 bits per heavy atom. The van der Waals surface area contributed by atoms with Crippen LogP contribution in [0, 0.1) is 11.3 Å². The van der Waals surface area contributed by atoms with Crippen LogP contribution in [0.15, 0.2) is 72.9 Å². The van der Waals surface area contributed by atoms with Crippen molar-refractivity contribution in [3.63, 3.8) is 0 Å². The average Bonchev–Trinajstić information content (AvgIpc) is 3.34. The van der Waals surface area contributed by atoms with Crippen LogP contribution >= 0.6 is 0 Å². The van der Waals surface area contributed by atoms with Gasteiger partial charge in [0.05, 0.1) is 37.0 Å². The van der Waals surface area contributed by atoms with Gasteiger partial charge >= 0.3 is 0 Å². The number of amides is 2. The molecule has 0 saturated carbocycles. The van der Waals surface area contributed by atoms with E-state index in [1.807, 2.05) is 43.3 Å². The summed E-state index contributed by atoms with van der Waals surface area (Å²) >= 11 is 0. The Kier molecular flexibility index (Phi) is 6.54. The van der Waals surface area contributed by atoms with Crippen molar-refractivity contribution in [2.24, 2.45) is 0 Å². The number of nitriles is 1. The van der Waals surface area contributed by atoms with Crippen molar-refractivity contribution in [3.05, 3.63) is 101 Å². The topological polar surface area (TPSA) is 120 Å². The number of ether oxygens (including phenoxy) is 1. The highest BCUT2D eigenvalue weighted by molar-refractivity contribution is 6.15. The molecule has 190 valence electrons. The molecule has 38 heavy (non-hydrogen) atoms. The number of phenolic OH excluding ortho intramolecular Hbond substituents is 1. The van der Waals surface area contributed by atoms with E-state index in [4.69, 9.17) is 4.74 Å². The average molecular weight is 508 g/mol. The molecular weight excluding hydrogens is 482 g/mol. The molecule has 0 saturated heterocycles. The summed E-state index contributed by atoms with van der Waals surface area (Å²) < 4.78 is 6.71. The van der Waals surface area contributed by atoms with E-state index >= 15 is 0 Å². The molecule has 0 radical (unpaired) electrons. The molecule has 2 heterocycles. The Morgan fingerprint density at radius 1 is 1.16 bits per heavy atom. The Balaban J connectivity index is 1.37. The molecule has 9 heteroatoms. The minimum absolute atomic E-state index is 0.154. The number of phenols is 1. The van der Waals surface area contributed by atoms with E-state index in [1.54, 1.807) is 39.9 Å². The smallest absolute Gasteiger partial charge is 0.277 e. The van der Waals surface area contributed by atoms with Crippen LogP contribution in [0.3, 0.4) is 0 Å². The fourth-order valence-electron chi connectivity index (χ4n) is 4.68. The zero-order chi connectivity index (χ0) is 26.8. The molecule has 2 amide bonds. The van der Waals surface area contributed by atoms with Crippen LogP contribution in [-0.2, 0) is 13.0 Å². The summed E-state index contributed by atoms with van der Waals surface area (Å²) in [5, 5.41) is 26.1. The standard InChI is InChI=1S/C29H25N5O4/c1-18-17-33-27(25(16-31-33)28(36)32-22-8-11-26(38-2)21(14-22)15-30)29(37)34(18)23-9-6-19(7-10-23)12-20-4-3-5-24(35)13-20/h3-11,13-14,16,18,35H,12,17H2,1-2H3,(H,32,36). The number of fused-ring (bicyclic) bond motifs is 1. The zero-order valence-electron chi connectivity index (χ0n) is 20.9. The van der Waals surface area contributed by atoms with Crippen LogP contribution in [0.5, 0.6) is 11.5 Å². The number of benzene rings is 3. The minimum atomic E-state index is -0.496. The number of carbonyl (C=O) groups excluding carboxylic acids is 2. The summed E-state index contributed by atoms with van der Waals surface area (Å²) in [5.41, 5.74) is 3.79. The molecule has 1 atom stereocenters. The van der Waals surface area contributed by atoms with Gasteiger partial charge in [-0.15, -0.1) is 0 Å². The quantitative estimate of drug-likeness (QED) is 0.400. The normalized spacial score (nSPS) is 14.5. The number of carbonyl (C=O) groups is 2. The van der Waals surface area contributed by atoms with Gasteiger partial charge < -0.3 is 20.1 Å². The van der Waals surface area contributed by atoms with Gasteiger partial charge in [-0.2, -0.15) is 10.4 Å². The maximum Gasteiger partial charge on any atom is 0.277 e. The van der Waals surface area contributed by atoms with E-state index < -0.39 is 5.91 Å². The van der Waals surface area contributed by atoms with E-state index in [2.05, 4.69) is 10.4 Å². The second-order valence-electron chi connectivity index (χ2n) is 9.11. The molecule has 2 N–H and O–H groups in total. The third-order valence-corrected chi connectivity index (χ3v) is 6.49. The number of hydrogen-bond donors (Lipinski definition) is 2. The first-order valence-electron chi connectivity index (χ1n) is 12.0. The van der Waals surface area contributed by atoms with Gasteiger partial charge in [0.2, 0.25) is 0 Å². The number of methoxy groups -OCH3 is 1. The molecule has 0 aliphatic carbocycles. The van der Waals surface area contributed by atoms with Gasteiger partial charge in [0.15, 0.2) is 0 Å². The summed E-state index contributed by atoms with van der Waals surface area (Å²) in [7, 11) is 1.47. The van der Waals surface area contributed by atoms with E-state index in [-0.39, 0.29) is 34.5 Å². The van der Waals surface area contributed by atoms with Gasteiger partial charge in [-0.25, -0.2) is 0 Å². The Hall–Kier alpha value is -5.10. The fourth-order valence-corrected chi connectivity index (χ4v) is 4.68. The first kappa shape index (κ1) is 24.6. The first-order chi connectivity index (χ1) is 18.4. The summed E-state index contributed by atoms with van der Waals surface area (Å²) in [5.74, 6) is -0.189. The molecule has 1 aliphatic heterocycles. The van der Waals surface area contributed by atoms with Crippen LogP contribution in [0.4, 0.5) is 11.4 Å². The molecular formula is C29H25N5O4. The van der Waals surface area contributed by atoms with Crippen molar-refractivity contribution in [3.8, 4) is 17.6 Å². The summed E-state index contributed by atoms with van der Waals surface area (Å²) in [6, 6.07) is 21.4. The summed E-state index contributed by atoms with van der Waals surface area (Å²) in [6.07, 6.45) is 2.04. The third kappa shape index (κ3) is 4.67. The van der Waals surface area contributed by atoms with Crippen molar-refractivity contribution >= 4 is 23.2 Å². The molecule has 9 nitrogen and oxygen atoms in total. The molecule has 0 bridgehead atoms. The van der Waals surface area contributed by atoms with Crippen molar-refractivity contribution in [2.75, 3.05) is 17.3 Å². The van der Waals surface area contributed by atoms with Gasteiger partial charge in [-0.05, 0) is 66.9 Å². The maximum absolute atomic E-state index is 13.7. The van der Waals surface area contributed by atoms with E-state index in [0.717, 1.165) is 16.8 Å². The Labute approximate surface area is 219 Å². The molecule has 1 unspecified atom stereocenters. The highest BCUT2D eigenvalue weighted by Gasteiger charge is 2.35. The van der Waals surface area contributed by atoms with Crippen LogP contribution in [-0.4, -0.2) is 39.9 Å². The first-order valence-corrected chi connectivity index (χ1v) is 12.0. The van der Waals surface area contributed by atoms with Gasteiger partial charge in [0, 0.05) is 11.4 Å². The SMILES string of the molecule is COc1ccc(NC(=O)c2cnn3c2C(=O)N(c2ccc(Cc4cccc(O)c4)cc2)C(C)C3)cc1C#N. The van der Waals surface area contributed by atoms with Gasteiger partial charge in [-0.3, -0.25) is 14.3 Å². The number of nitrogens with one attached hydrogen (secondary N) is 1. The van der Waals surface area contributed by atoms with Crippen molar-refractivity contribution in [2.45, 2.75) is 25.9 Å².